The molecule has 1 aliphatic rings. The van der Waals surface area contributed by atoms with E-state index in [1.807, 2.05) is 13.0 Å². The van der Waals surface area contributed by atoms with E-state index in [-0.39, 0.29) is 28.4 Å². The fraction of sp³-hybridized carbons (Fsp3) is 0.318. The second-order valence-corrected chi connectivity index (χ2v) is 7.11. The van der Waals surface area contributed by atoms with Gasteiger partial charge in [-0.3, -0.25) is 15.2 Å². The lowest BCUT2D eigenvalue weighted by Crippen LogP contribution is -2.15. The number of anilines is 1. The zero-order valence-corrected chi connectivity index (χ0v) is 16.9. The molecule has 0 radical (unpaired) electrons. The molecule has 2 aromatic rings. The van der Waals surface area contributed by atoms with E-state index in [4.69, 9.17) is 24.3 Å². The van der Waals surface area contributed by atoms with Gasteiger partial charge in [0.1, 0.15) is 11.9 Å². The van der Waals surface area contributed by atoms with Crippen molar-refractivity contribution in [3.8, 4) is 5.95 Å². The first kappa shape index (κ1) is 20.9. The minimum absolute atomic E-state index is 0.0821. The highest BCUT2D eigenvalue weighted by molar-refractivity contribution is 5.58. The van der Waals surface area contributed by atoms with Crippen molar-refractivity contribution < 1.29 is 24.3 Å². The molecule has 1 aromatic heterocycles. The van der Waals surface area contributed by atoms with Gasteiger partial charge in [-0.25, -0.2) is 0 Å². The van der Waals surface area contributed by atoms with Crippen molar-refractivity contribution in [3.05, 3.63) is 74.2 Å². The minimum Gasteiger partial charge on any atom is -0.468 e. The maximum atomic E-state index is 12.4. The number of nitrogens with zero attached hydrogens (tertiary/aromatic N) is 1. The first-order chi connectivity index (χ1) is 13.8. The predicted octanol–water partition coefficient (Wildman–Crippen LogP) is 4.34. The predicted molar refractivity (Wildman–Crippen MR) is 109 cm³/mol. The van der Waals surface area contributed by atoms with Crippen LogP contribution < -0.4 is 15.4 Å². The third kappa shape index (κ3) is 4.59. The summed E-state index contributed by atoms with van der Waals surface area (Å²) in [5.41, 5.74) is 4.26. The smallest absolute Gasteiger partial charge is 0.291 e. The Kier molecular flexibility index (Phi) is 6.22. The maximum Gasteiger partial charge on any atom is 0.291 e. The van der Waals surface area contributed by atoms with E-state index in [0.717, 1.165) is 16.7 Å². The lowest BCUT2D eigenvalue weighted by Gasteiger charge is -2.13. The summed E-state index contributed by atoms with van der Waals surface area (Å²) in [4.78, 5) is 12.4. The van der Waals surface area contributed by atoms with E-state index in [1.165, 1.54) is 7.11 Å². The molecule has 0 amide bonds. The fourth-order valence-corrected chi connectivity index (χ4v) is 3.40. The topological polar surface area (TPSA) is 92.4 Å². The summed E-state index contributed by atoms with van der Waals surface area (Å²) in [5, 5.41) is 18.1. The van der Waals surface area contributed by atoms with E-state index in [1.54, 1.807) is 38.1 Å². The average Bonchev–Trinajstić information content (AvgIpc) is 3.14. The average molecular weight is 399 g/mol. The van der Waals surface area contributed by atoms with E-state index in [0.29, 0.717) is 29.9 Å². The van der Waals surface area contributed by atoms with Gasteiger partial charge in [0, 0.05) is 12.0 Å². The van der Waals surface area contributed by atoms with Crippen molar-refractivity contribution in [2.45, 2.75) is 33.3 Å². The molecule has 0 aliphatic carbocycles. The Morgan fingerprint density at radius 1 is 1.21 bits per heavy atom. The number of benzene rings is 1. The molecule has 2 N–H and O–H groups in total. The highest BCUT2D eigenvalue weighted by Gasteiger charge is 2.28. The van der Waals surface area contributed by atoms with Crippen molar-refractivity contribution in [1.82, 2.24) is 0 Å². The third-order valence-corrected chi connectivity index (χ3v) is 4.91. The van der Waals surface area contributed by atoms with E-state index in [2.05, 4.69) is 6.08 Å². The van der Waals surface area contributed by atoms with Crippen LogP contribution in [0.4, 0.5) is 5.69 Å². The molecule has 7 nitrogen and oxygen atoms in total. The second-order valence-electron chi connectivity index (χ2n) is 7.11. The first-order valence-electron chi connectivity index (χ1n) is 9.25. The zero-order valence-electron chi connectivity index (χ0n) is 16.9. The van der Waals surface area contributed by atoms with E-state index >= 15 is 0 Å². The van der Waals surface area contributed by atoms with Gasteiger partial charge in [-0.15, -0.1) is 5.23 Å². The molecular formula is C22H25NO6. The van der Waals surface area contributed by atoms with Crippen LogP contribution in [0, 0.1) is 13.8 Å². The highest BCUT2D eigenvalue weighted by Crippen LogP contribution is 2.35. The molecule has 0 saturated carbocycles. The van der Waals surface area contributed by atoms with Crippen LogP contribution in [0.2, 0.25) is 0 Å². The summed E-state index contributed by atoms with van der Waals surface area (Å²) in [6.45, 7) is 5.87. The van der Waals surface area contributed by atoms with Gasteiger partial charge >= 0.3 is 0 Å². The first-order valence-corrected chi connectivity index (χ1v) is 9.25. The number of hydrogen-bond acceptors (Lipinski definition) is 7. The Bertz CT molecular complexity index is 1000. The van der Waals surface area contributed by atoms with Crippen LogP contribution in [-0.4, -0.2) is 24.1 Å². The molecule has 3 rings (SSSR count). The SMILES string of the molecule is COc1oc(C2CC(=CC(C)=Cc3ccc(N(O)O)cc3)CO2)c(C)c(=O)c1C. The molecule has 0 spiro atoms. The van der Waals surface area contributed by atoms with Gasteiger partial charge < -0.3 is 13.9 Å². The van der Waals surface area contributed by atoms with Gasteiger partial charge in [0.05, 0.1) is 25.0 Å². The molecule has 7 heteroatoms. The third-order valence-electron chi connectivity index (χ3n) is 4.91. The summed E-state index contributed by atoms with van der Waals surface area (Å²) >= 11 is 0. The van der Waals surface area contributed by atoms with Gasteiger partial charge in [-0.2, -0.15) is 0 Å². The van der Waals surface area contributed by atoms with Crippen LogP contribution >= 0.6 is 0 Å². The van der Waals surface area contributed by atoms with Crippen LogP contribution in [0.5, 0.6) is 5.95 Å². The molecule has 1 unspecified atom stereocenters. The number of allylic oxidation sites excluding steroid dienone is 2. The molecule has 2 heterocycles. The van der Waals surface area contributed by atoms with Crippen molar-refractivity contribution in [2.75, 3.05) is 18.9 Å². The van der Waals surface area contributed by atoms with E-state index in [9.17, 15) is 4.79 Å². The molecule has 1 aromatic carbocycles. The van der Waals surface area contributed by atoms with Gasteiger partial charge in [-0.05, 0) is 44.0 Å². The van der Waals surface area contributed by atoms with Crippen molar-refractivity contribution in [2.24, 2.45) is 0 Å². The molecule has 1 fully saturated rings. The monoisotopic (exact) mass is 399 g/mol. The highest BCUT2D eigenvalue weighted by atomic mass is 16.8. The summed E-state index contributed by atoms with van der Waals surface area (Å²) in [7, 11) is 1.48. The Morgan fingerprint density at radius 2 is 1.90 bits per heavy atom. The Labute approximate surface area is 169 Å². The summed E-state index contributed by atoms with van der Waals surface area (Å²) < 4.78 is 16.9. The minimum atomic E-state index is -0.323. The summed E-state index contributed by atoms with van der Waals surface area (Å²) in [5.74, 6) is 0.733. The normalized spacial score (nSPS) is 18.3. The van der Waals surface area contributed by atoms with Crippen molar-refractivity contribution in [3.63, 3.8) is 0 Å². The standard InChI is InChI=1S/C22H25NO6/c1-13(9-16-5-7-18(8-6-16)23(25)26)10-17-11-19(28-12-17)21-14(2)20(24)15(3)22(27-4)29-21/h5-10,19,25-26H,11-12H2,1-4H3. The number of methoxy groups -OCH3 is 1. The molecular weight excluding hydrogens is 374 g/mol. The van der Waals surface area contributed by atoms with Gasteiger partial charge in [0.15, 0.2) is 5.43 Å². The van der Waals surface area contributed by atoms with Crippen LogP contribution in [-0.2, 0) is 4.74 Å². The molecule has 1 aliphatic heterocycles. The quantitative estimate of drug-likeness (QED) is 0.723. The van der Waals surface area contributed by atoms with Crippen molar-refractivity contribution in [1.29, 1.82) is 0 Å². The van der Waals surface area contributed by atoms with Crippen LogP contribution in [0.15, 0.2) is 50.7 Å². The molecule has 1 atom stereocenters. The number of ether oxygens (including phenoxy) is 2. The van der Waals surface area contributed by atoms with Gasteiger partial charge in [0.25, 0.3) is 5.95 Å². The van der Waals surface area contributed by atoms with Crippen LogP contribution in [0.3, 0.4) is 0 Å². The van der Waals surface area contributed by atoms with Gasteiger partial charge in [-0.1, -0.05) is 29.9 Å². The Morgan fingerprint density at radius 3 is 2.52 bits per heavy atom. The second kappa shape index (κ2) is 8.65. The van der Waals surface area contributed by atoms with Crippen LogP contribution in [0.25, 0.3) is 6.08 Å². The molecule has 1 saturated heterocycles. The maximum absolute atomic E-state index is 12.4. The molecule has 154 valence electrons. The molecule has 0 bridgehead atoms. The lowest BCUT2D eigenvalue weighted by atomic mass is 10.0. The van der Waals surface area contributed by atoms with Crippen LogP contribution in [0.1, 0.15) is 41.9 Å². The zero-order chi connectivity index (χ0) is 21.1. The van der Waals surface area contributed by atoms with E-state index < -0.39 is 0 Å². The lowest BCUT2D eigenvalue weighted by molar-refractivity contribution is 0.0291. The molecule has 29 heavy (non-hydrogen) atoms. The number of rotatable bonds is 5. The summed E-state index contributed by atoms with van der Waals surface area (Å²) in [6, 6.07) is 6.80. The Hall–Kier alpha value is -2.87. The van der Waals surface area contributed by atoms with Crippen molar-refractivity contribution >= 4 is 11.8 Å². The summed E-state index contributed by atoms with van der Waals surface area (Å²) in [6.07, 6.45) is 4.35. The fourth-order valence-electron chi connectivity index (χ4n) is 3.40. The van der Waals surface area contributed by atoms with Gasteiger partial charge in [0.2, 0.25) is 0 Å². The Balaban J connectivity index is 1.77. The largest absolute Gasteiger partial charge is 0.468 e. The number of hydrogen-bond donors (Lipinski definition) is 2.